The molecular weight excluding hydrogens is 374 g/mol. The highest BCUT2D eigenvalue weighted by atomic mass is 32.1. The third-order valence-corrected chi connectivity index (χ3v) is 5.26. The van der Waals surface area contributed by atoms with Crippen molar-refractivity contribution in [1.82, 2.24) is 0 Å². The van der Waals surface area contributed by atoms with E-state index in [1.54, 1.807) is 19.2 Å². The summed E-state index contributed by atoms with van der Waals surface area (Å²) in [5.41, 5.74) is 1.19. The molecule has 0 saturated carbocycles. The van der Waals surface area contributed by atoms with Crippen molar-refractivity contribution in [3.8, 4) is 0 Å². The van der Waals surface area contributed by atoms with Gasteiger partial charge in [0.1, 0.15) is 10.6 Å². The van der Waals surface area contributed by atoms with E-state index in [2.05, 4.69) is 24.1 Å². The molecular formula is C21H29N3O3S. The van der Waals surface area contributed by atoms with E-state index >= 15 is 0 Å². The first kappa shape index (κ1) is 21.8. The first-order valence-corrected chi connectivity index (χ1v) is 10.0. The Labute approximate surface area is 171 Å². The van der Waals surface area contributed by atoms with E-state index in [0.717, 1.165) is 11.4 Å². The first-order chi connectivity index (χ1) is 13.0. The van der Waals surface area contributed by atoms with Crippen molar-refractivity contribution < 1.29 is 14.3 Å². The fraction of sp³-hybridized carbons (Fsp3) is 0.429. The van der Waals surface area contributed by atoms with Gasteiger partial charge in [0.15, 0.2) is 0 Å². The summed E-state index contributed by atoms with van der Waals surface area (Å²) in [5, 5.41) is 3.57. The van der Waals surface area contributed by atoms with Gasteiger partial charge in [0, 0.05) is 31.5 Å². The lowest BCUT2D eigenvalue weighted by molar-refractivity contribution is 0.0590. The highest BCUT2D eigenvalue weighted by Crippen LogP contribution is 2.28. The largest absolute Gasteiger partial charge is 0.443 e. The lowest BCUT2D eigenvalue weighted by atomic mass is 10.2. The standard InChI is InChI=1S/C21H29N3O3S/c1-14(2)23(6)16-10-8-9-15(13-16)22-19(25)17-11-12-18(28-17)24(7)20(26)27-21(3,4)5/h8-14H,1-7H3,(H,22,25). The molecule has 0 bridgehead atoms. The number of amides is 2. The van der Waals surface area contributed by atoms with Crippen LogP contribution in [0.5, 0.6) is 0 Å². The van der Waals surface area contributed by atoms with Gasteiger partial charge in [0.05, 0.1) is 4.88 Å². The second-order valence-corrected chi connectivity index (χ2v) is 8.95. The van der Waals surface area contributed by atoms with Crippen molar-refractivity contribution in [2.45, 2.75) is 46.3 Å². The molecule has 0 spiro atoms. The average molecular weight is 404 g/mol. The van der Waals surface area contributed by atoms with Crippen molar-refractivity contribution in [2.75, 3.05) is 29.2 Å². The molecule has 6 nitrogen and oxygen atoms in total. The summed E-state index contributed by atoms with van der Waals surface area (Å²) in [4.78, 5) is 28.9. The van der Waals surface area contributed by atoms with Gasteiger partial charge in [0.2, 0.25) is 0 Å². The third kappa shape index (κ3) is 5.73. The molecule has 0 atom stereocenters. The van der Waals surface area contributed by atoms with E-state index < -0.39 is 11.7 Å². The van der Waals surface area contributed by atoms with Gasteiger partial charge in [-0.3, -0.25) is 9.69 Å². The van der Waals surface area contributed by atoms with Crippen LogP contribution < -0.4 is 15.1 Å². The van der Waals surface area contributed by atoms with Gasteiger partial charge in [0.25, 0.3) is 5.91 Å². The lowest BCUT2D eigenvalue weighted by Crippen LogP contribution is -2.33. The van der Waals surface area contributed by atoms with Crippen LogP contribution in [-0.2, 0) is 4.74 Å². The van der Waals surface area contributed by atoms with E-state index in [1.807, 2.05) is 52.1 Å². The summed E-state index contributed by atoms with van der Waals surface area (Å²) in [7, 11) is 3.65. The molecule has 2 rings (SSSR count). The number of thiophene rings is 1. The zero-order valence-corrected chi connectivity index (χ0v) is 18.4. The van der Waals surface area contributed by atoms with Gasteiger partial charge in [-0.05, 0) is 65.0 Å². The second kappa shape index (κ2) is 8.65. The summed E-state index contributed by atoms with van der Waals surface area (Å²) in [5.74, 6) is -0.210. The van der Waals surface area contributed by atoms with Crippen LogP contribution in [0.3, 0.4) is 0 Å². The van der Waals surface area contributed by atoms with E-state index in [1.165, 1.54) is 16.2 Å². The minimum atomic E-state index is -0.572. The normalized spacial score (nSPS) is 11.3. The Morgan fingerprint density at radius 1 is 1.11 bits per heavy atom. The molecule has 7 heteroatoms. The van der Waals surface area contributed by atoms with Gasteiger partial charge in [-0.25, -0.2) is 4.79 Å². The summed E-state index contributed by atoms with van der Waals surface area (Å²) in [6.45, 7) is 9.67. The molecule has 0 aliphatic rings. The lowest BCUT2D eigenvalue weighted by Gasteiger charge is -2.24. The maximum Gasteiger partial charge on any atom is 0.415 e. The van der Waals surface area contributed by atoms with Gasteiger partial charge in [-0.1, -0.05) is 6.07 Å². The van der Waals surface area contributed by atoms with Gasteiger partial charge >= 0.3 is 6.09 Å². The smallest absolute Gasteiger partial charge is 0.415 e. The first-order valence-electron chi connectivity index (χ1n) is 9.18. The van der Waals surface area contributed by atoms with Crippen molar-refractivity contribution in [3.05, 3.63) is 41.3 Å². The number of hydrogen-bond donors (Lipinski definition) is 1. The molecule has 0 aliphatic heterocycles. The Hall–Kier alpha value is -2.54. The van der Waals surface area contributed by atoms with Crippen LogP contribution in [0.25, 0.3) is 0 Å². The second-order valence-electron chi connectivity index (χ2n) is 7.89. The van der Waals surface area contributed by atoms with Crippen molar-refractivity contribution in [3.63, 3.8) is 0 Å². The summed E-state index contributed by atoms with van der Waals surface area (Å²) >= 11 is 1.24. The molecule has 1 N–H and O–H groups in total. The maximum atomic E-state index is 12.6. The molecule has 0 unspecified atom stereocenters. The summed E-state index contributed by atoms with van der Waals surface area (Å²) < 4.78 is 5.36. The minimum Gasteiger partial charge on any atom is -0.443 e. The van der Waals surface area contributed by atoms with Gasteiger partial charge in [-0.15, -0.1) is 11.3 Å². The zero-order valence-electron chi connectivity index (χ0n) is 17.6. The highest BCUT2D eigenvalue weighted by molar-refractivity contribution is 7.18. The number of hydrogen-bond acceptors (Lipinski definition) is 5. The van der Waals surface area contributed by atoms with Crippen molar-refractivity contribution in [1.29, 1.82) is 0 Å². The SMILES string of the molecule is CC(C)N(C)c1cccc(NC(=O)c2ccc(N(C)C(=O)OC(C)(C)C)s2)c1. The third-order valence-electron chi connectivity index (χ3n) is 4.10. The molecule has 28 heavy (non-hydrogen) atoms. The van der Waals surface area contributed by atoms with Crippen LogP contribution >= 0.6 is 11.3 Å². The maximum absolute atomic E-state index is 12.6. The number of ether oxygens (including phenoxy) is 1. The van der Waals surface area contributed by atoms with Crippen LogP contribution in [-0.4, -0.2) is 37.7 Å². The number of anilines is 3. The molecule has 1 aromatic heterocycles. The van der Waals surface area contributed by atoms with E-state index in [0.29, 0.717) is 15.9 Å². The van der Waals surface area contributed by atoms with Crippen molar-refractivity contribution in [2.24, 2.45) is 0 Å². The fourth-order valence-corrected chi connectivity index (χ4v) is 3.20. The number of rotatable bonds is 5. The molecule has 0 saturated heterocycles. The van der Waals surface area contributed by atoms with E-state index in [4.69, 9.17) is 4.74 Å². The summed E-state index contributed by atoms with van der Waals surface area (Å²) in [6.07, 6.45) is -0.453. The Morgan fingerprint density at radius 2 is 1.79 bits per heavy atom. The van der Waals surface area contributed by atoms with Gasteiger partial charge in [-0.2, -0.15) is 0 Å². The number of carbonyl (C=O) groups excluding carboxylic acids is 2. The fourth-order valence-electron chi connectivity index (χ4n) is 2.34. The number of carbonyl (C=O) groups is 2. The molecule has 0 radical (unpaired) electrons. The van der Waals surface area contributed by atoms with E-state index in [-0.39, 0.29) is 5.91 Å². The Bertz CT molecular complexity index is 839. The molecule has 0 aliphatic carbocycles. The minimum absolute atomic E-state index is 0.210. The zero-order chi connectivity index (χ0) is 21.1. The predicted molar refractivity (Wildman–Crippen MR) is 117 cm³/mol. The molecule has 2 amide bonds. The van der Waals surface area contributed by atoms with Crippen LogP contribution in [0.1, 0.15) is 44.3 Å². The number of benzene rings is 1. The van der Waals surface area contributed by atoms with Crippen LogP contribution in [0.4, 0.5) is 21.2 Å². The Morgan fingerprint density at radius 3 is 2.39 bits per heavy atom. The monoisotopic (exact) mass is 403 g/mol. The van der Waals surface area contributed by atoms with Crippen LogP contribution in [0.2, 0.25) is 0 Å². The van der Waals surface area contributed by atoms with E-state index in [9.17, 15) is 9.59 Å². The molecule has 2 aromatic rings. The average Bonchev–Trinajstić information content (AvgIpc) is 3.09. The van der Waals surface area contributed by atoms with Crippen LogP contribution in [0, 0.1) is 0 Å². The number of nitrogens with one attached hydrogen (secondary N) is 1. The summed E-state index contributed by atoms with van der Waals surface area (Å²) in [6, 6.07) is 11.5. The predicted octanol–water partition coefficient (Wildman–Crippen LogP) is 5.22. The Kier molecular flexibility index (Phi) is 6.72. The molecule has 152 valence electrons. The molecule has 1 heterocycles. The number of nitrogens with zero attached hydrogens (tertiary/aromatic N) is 2. The quantitative estimate of drug-likeness (QED) is 0.744. The van der Waals surface area contributed by atoms with Crippen molar-refractivity contribution >= 4 is 39.7 Å². The van der Waals surface area contributed by atoms with Crippen LogP contribution in [0.15, 0.2) is 36.4 Å². The molecule has 1 aromatic carbocycles. The molecule has 0 fully saturated rings. The topological polar surface area (TPSA) is 61.9 Å². The van der Waals surface area contributed by atoms with Gasteiger partial charge < -0.3 is 15.0 Å². The highest BCUT2D eigenvalue weighted by Gasteiger charge is 2.22. The Balaban J connectivity index is 2.09.